The van der Waals surface area contributed by atoms with Crippen molar-refractivity contribution < 1.29 is 4.79 Å². The monoisotopic (exact) mass is 358 g/mol. The Kier molecular flexibility index (Phi) is 4.34. The van der Waals surface area contributed by atoms with Gasteiger partial charge in [-0.2, -0.15) is 0 Å². The highest BCUT2D eigenvalue weighted by molar-refractivity contribution is 9.10. The van der Waals surface area contributed by atoms with Gasteiger partial charge in [-0.3, -0.25) is 4.79 Å². The quantitative estimate of drug-likeness (QED) is 0.770. The maximum Gasteiger partial charge on any atom is 0.257 e. The second kappa shape index (κ2) is 5.82. The van der Waals surface area contributed by atoms with E-state index in [0.29, 0.717) is 31.5 Å². The lowest BCUT2D eigenvalue weighted by Gasteiger charge is -2.09. The second-order valence-corrected chi connectivity index (χ2v) is 5.52. The molecule has 6 heteroatoms. The third-order valence-corrected chi connectivity index (χ3v) is 3.64. The number of rotatable bonds is 2. The molecule has 2 rings (SSSR count). The number of nitrogen functional groups attached to an aromatic ring is 1. The molecule has 0 unspecified atom stereocenters. The summed E-state index contributed by atoms with van der Waals surface area (Å²) in [4.78, 5) is 12.1. The van der Waals surface area contributed by atoms with Crippen LogP contribution in [0.25, 0.3) is 0 Å². The van der Waals surface area contributed by atoms with Gasteiger partial charge in [0.2, 0.25) is 0 Å². The highest BCUT2D eigenvalue weighted by atomic mass is 79.9. The standard InChI is InChI=1S/C13H9BrCl2N2O/c14-10-6-8(17)2-4-12(10)18-13(19)9-5-7(15)1-3-11(9)16/h1-6H,17H2,(H,18,19). The number of halogens is 3. The van der Waals surface area contributed by atoms with Crippen LogP contribution in [0.15, 0.2) is 40.9 Å². The molecule has 0 saturated carbocycles. The van der Waals surface area contributed by atoms with Gasteiger partial charge in [-0.1, -0.05) is 23.2 Å². The number of amides is 1. The summed E-state index contributed by atoms with van der Waals surface area (Å²) in [5, 5.41) is 3.53. The molecule has 0 aliphatic rings. The normalized spacial score (nSPS) is 10.3. The van der Waals surface area contributed by atoms with E-state index in [2.05, 4.69) is 21.2 Å². The number of nitrogens with one attached hydrogen (secondary N) is 1. The van der Waals surface area contributed by atoms with E-state index in [-0.39, 0.29) is 5.91 Å². The van der Waals surface area contributed by atoms with Gasteiger partial charge in [-0.15, -0.1) is 0 Å². The molecule has 0 atom stereocenters. The van der Waals surface area contributed by atoms with Crippen LogP contribution in [0.3, 0.4) is 0 Å². The lowest BCUT2D eigenvalue weighted by atomic mass is 10.2. The minimum Gasteiger partial charge on any atom is -0.399 e. The topological polar surface area (TPSA) is 55.1 Å². The summed E-state index contributed by atoms with van der Waals surface area (Å²) >= 11 is 15.1. The fourth-order valence-corrected chi connectivity index (χ4v) is 2.36. The fraction of sp³-hybridized carbons (Fsp3) is 0. The summed E-state index contributed by atoms with van der Waals surface area (Å²) in [7, 11) is 0. The molecule has 1 amide bonds. The molecular weight excluding hydrogens is 351 g/mol. The molecule has 2 aromatic carbocycles. The van der Waals surface area contributed by atoms with Crippen molar-refractivity contribution in [2.45, 2.75) is 0 Å². The number of carbonyl (C=O) groups excluding carboxylic acids is 1. The smallest absolute Gasteiger partial charge is 0.257 e. The molecule has 0 radical (unpaired) electrons. The van der Waals surface area contributed by atoms with Crippen molar-refractivity contribution in [2.24, 2.45) is 0 Å². The van der Waals surface area contributed by atoms with Crippen LogP contribution in [0, 0.1) is 0 Å². The van der Waals surface area contributed by atoms with Crippen LogP contribution in [0.5, 0.6) is 0 Å². The molecule has 2 aromatic rings. The summed E-state index contributed by atoms with van der Waals surface area (Å²) in [6.45, 7) is 0. The van der Waals surface area contributed by atoms with E-state index in [9.17, 15) is 4.79 Å². The Labute approximate surface area is 128 Å². The van der Waals surface area contributed by atoms with E-state index in [1.54, 1.807) is 30.3 Å². The first-order valence-electron chi connectivity index (χ1n) is 5.29. The Morgan fingerprint density at radius 2 is 1.89 bits per heavy atom. The van der Waals surface area contributed by atoms with Crippen molar-refractivity contribution in [3.63, 3.8) is 0 Å². The lowest BCUT2D eigenvalue weighted by Crippen LogP contribution is -2.13. The largest absolute Gasteiger partial charge is 0.399 e. The van der Waals surface area contributed by atoms with Crippen molar-refractivity contribution in [1.29, 1.82) is 0 Å². The average molecular weight is 360 g/mol. The summed E-state index contributed by atoms with van der Waals surface area (Å²) < 4.78 is 0.694. The minimum atomic E-state index is -0.335. The molecule has 0 aliphatic carbocycles. The van der Waals surface area contributed by atoms with E-state index >= 15 is 0 Å². The van der Waals surface area contributed by atoms with E-state index in [1.807, 2.05) is 0 Å². The van der Waals surface area contributed by atoms with Crippen LogP contribution in [0.2, 0.25) is 10.0 Å². The van der Waals surface area contributed by atoms with E-state index in [0.717, 1.165) is 0 Å². The third kappa shape index (κ3) is 3.41. The summed E-state index contributed by atoms with van der Waals surface area (Å²) in [6.07, 6.45) is 0. The Morgan fingerprint density at radius 3 is 2.58 bits per heavy atom. The fourth-order valence-electron chi connectivity index (χ4n) is 1.49. The molecule has 3 N–H and O–H groups in total. The summed E-state index contributed by atoms with van der Waals surface area (Å²) in [6, 6.07) is 9.83. The molecule has 0 aliphatic heterocycles. The molecule has 0 spiro atoms. The highest BCUT2D eigenvalue weighted by Crippen LogP contribution is 2.27. The molecule has 0 saturated heterocycles. The first kappa shape index (κ1) is 14.2. The van der Waals surface area contributed by atoms with Crippen molar-refractivity contribution in [3.05, 3.63) is 56.5 Å². The van der Waals surface area contributed by atoms with Gasteiger partial charge < -0.3 is 11.1 Å². The van der Waals surface area contributed by atoms with Crippen LogP contribution >= 0.6 is 39.1 Å². The van der Waals surface area contributed by atoms with Gasteiger partial charge >= 0.3 is 0 Å². The average Bonchev–Trinajstić information content (AvgIpc) is 2.35. The predicted molar refractivity (Wildman–Crippen MR) is 83.0 cm³/mol. The van der Waals surface area contributed by atoms with Gasteiger partial charge in [-0.25, -0.2) is 0 Å². The van der Waals surface area contributed by atoms with Gasteiger partial charge in [0.25, 0.3) is 5.91 Å². The second-order valence-electron chi connectivity index (χ2n) is 3.82. The molecule has 3 nitrogen and oxygen atoms in total. The van der Waals surface area contributed by atoms with Crippen LogP contribution in [-0.4, -0.2) is 5.91 Å². The minimum absolute atomic E-state index is 0.317. The highest BCUT2D eigenvalue weighted by Gasteiger charge is 2.12. The summed E-state index contributed by atoms with van der Waals surface area (Å²) in [5.74, 6) is -0.335. The van der Waals surface area contributed by atoms with Gasteiger partial charge in [0.15, 0.2) is 0 Å². The lowest BCUT2D eigenvalue weighted by molar-refractivity contribution is 0.102. The maximum atomic E-state index is 12.1. The predicted octanol–water partition coefficient (Wildman–Crippen LogP) is 4.59. The zero-order chi connectivity index (χ0) is 14.0. The van der Waals surface area contributed by atoms with Crippen molar-refractivity contribution in [3.8, 4) is 0 Å². The van der Waals surface area contributed by atoms with Gasteiger partial charge in [-0.05, 0) is 52.3 Å². The van der Waals surface area contributed by atoms with Crippen LogP contribution in [-0.2, 0) is 0 Å². The molecule has 0 fully saturated rings. The van der Waals surface area contributed by atoms with E-state index < -0.39 is 0 Å². The Hall–Kier alpha value is -1.23. The number of carbonyl (C=O) groups is 1. The number of anilines is 2. The molecule has 98 valence electrons. The molecule has 0 aromatic heterocycles. The number of nitrogens with two attached hydrogens (primary N) is 1. The van der Waals surface area contributed by atoms with E-state index in [4.69, 9.17) is 28.9 Å². The SMILES string of the molecule is Nc1ccc(NC(=O)c2cc(Cl)ccc2Cl)c(Br)c1. The number of benzene rings is 2. The Bertz CT molecular complexity index is 647. The zero-order valence-electron chi connectivity index (χ0n) is 9.58. The number of hydrogen-bond acceptors (Lipinski definition) is 2. The first-order chi connectivity index (χ1) is 8.97. The van der Waals surface area contributed by atoms with Crippen molar-refractivity contribution >= 4 is 56.4 Å². The number of hydrogen-bond donors (Lipinski definition) is 2. The Balaban J connectivity index is 2.28. The van der Waals surface area contributed by atoms with Crippen molar-refractivity contribution in [1.82, 2.24) is 0 Å². The van der Waals surface area contributed by atoms with E-state index in [1.165, 1.54) is 6.07 Å². The zero-order valence-corrected chi connectivity index (χ0v) is 12.7. The molecule has 0 bridgehead atoms. The van der Waals surface area contributed by atoms with Gasteiger partial charge in [0, 0.05) is 15.2 Å². The van der Waals surface area contributed by atoms with Crippen LogP contribution < -0.4 is 11.1 Å². The molecular formula is C13H9BrCl2N2O. The van der Waals surface area contributed by atoms with Crippen LogP contribution in [0.1, 0.15) is 10.4 Å². The summed E-state index contributed by atoms with van der Waals surface area (Å²) in [5.41, 5.74) is 7.16. The van der Waals surface area contributed by atoms with Crippen molar-refractivity contribution in [2.75, 3.05) is 11.1 Å². The van der Waals surface area contributed by atoms with Gasteiger partial charge in [0.05, 0.1) is 16.3 Å². The maximum absolute atomic E-state index is 12.1. The van der Waals surface area contributed by atoms with Gasteiger partial charge in [0.1, 0.15) is 0 Å². The first-order valence-corrected chi connectivity index (χ1v) is 6.83. The Morgan fingerprint density at radius 1 is 1.16 bits per heavy atom. The van der Waals surface area contributed by atoms with Crippen LogP contribution in [0.4, 0.5) is 11.4 Å². The molecule has 0 heterocycles. The third-order valence-electron chi connectivity index (χ3n) is 2.41. The molecule has 19 heavy (non-hydrogen) atoms.